The van der Waals surface area contributed by atoms with Gasteiger partial charge in [-0.1, -0.05) is 35.9 Å². The van der Waals surface area contributed by atoms with E-state index in [0.717, 1.165) is 11.6 Å². The molecular formula is C12H16ClN. The van der Waals surface area contributed by atoms with Crippen LogP contribution in [0.1, 0.15) is 25.5 Å². The van der Waals surface area contributed by atoms with Crippen LogP contribution in [0.2, 0.25) is 5.02 Å². The summed E-state index contributed by atoms with van der Waals surface area (Å²) < 4.78 is 0. The summed E-state index contributed by atoms with van der Waals surface area (Å²) in [5, 5.41) is 4.18. The molecule has 0 spiro atoms. The minimum atomic E-state index is 0.338. The average Bonchev–Trinajstić information content (AvgIpc) is 2.18. The molecular weight excluding hydrogens is 194 g/mol. The molecule has 1 rings (SSSR count). The Morgan fingerprint density at radius 1 is 1.50 bits per heavy atom. The molecule has 0 aliphatic rings. The highest BCUT2D eigenvalue weighted by Crippen LogP contribution is 2.16. The fourth-order valence-electron chi connectivity index (χ4n) is 1.26. The first-order valence-electron chi connectivity index (χ1n) is 4.84. The number of allylic oxidation sites excluding steroid dienone is 1. The Labute approximate surface area is 90.8 Å². The zero-order chi connectivity index (χ0) is 10.4. The van der Waals surface area contributed by atoms with Gasteiger partial charge in [-0.25, -0.2) is 0 Å². The fraction of sp³-hybridized carbons (Fsp3) is 0.333. The molecule has 1 nitrogen and oxygen atoms in total. The van der Waals surface area contributed by atoms with Crippen LogP contribution in [0.5, 0.6) is 0 Å². The van der Waals surface area contributed by atoms with Gasteiger partial charge in [0, 0.05) is 17.6 Å². The first kappa shape index (κ1) is 11.3. The summed E-state index contributed by atoms with van der Waals surface area (Å²) in [5.74, 6) is 0. The highest BCUT2D eigenvalue weighted by Gasteiger charge is 2.02. The molecule has 1 N–H and O–H groups in total. The zero-order valence-corrected chi connectivity index (χ0v) is 9.38. The standard InChI is InChI=1S/C12H16ClN/c1-3-4-8-14-10(2)11-6-5-7-12(13)9-11/h3-7,9-10,14H,8H2,1-2H3/b4-3+/t10-/m1/s1. The predicted octanol–water partition coefficient (Wildman–Crippen LogP) is 3.57. The van der Waals surface area contributed by atoms with Gasteiger partial charge in [-0.15, -0.1) is 0 Å². The van der Waals surface area contributed by atoms with Crippen molar-refractivity contribution in [2.24, 2.45) is 0 Å². The SMILES string of the molecule is C/C=C/CN[C@H](C)c1cccc(Cl)c1. The topological polar surface area (TPSA) is 12.0 Å². The Kier molecular flexibility index (Phi) is 4.71. The molecule has 0 heterocycles. The highest BCUT2D eigenvalue weighted by molar-refractivity contribution is 6.30. The van der Waals surface area contributed by atoms with Crippen LogP contribution in [0.15, 0.2) is 36.4 Å². The van der Waals surface area contributed by atoms with Gasteiger partial charge in [0.15, 0.2) is 0 Å². The molecule has 0 unspecified atom stereocenters. The van der Waals surface area contributed by atoms with E-state index in [-0.39, 0.29) is 0 Å². The second kappa shape index (κ2) is 5.84. The number of nitrogens with one attached hydrogen (secondary N) is 1. The van der Waals surface area contributed by atoms with Crippen molar-refractivity contribution in [3.63, 3.8) is 0 Å². The van der Waals surface area contributed by atoms with Crippen LogP contribution >= 0.6 is 11.6 Å². The van der Waals surface area contributed by atoms with Gasteiger partial charge < -0.3 is 5.32 Å². The Morgan fingerprint density at radius 2 is 2.29 bits per heavy atom. The van der Waals surface area contributed by atoms with E-state index in [4.69, 9.17) is 11.6 Å². The van der Waals surface area contributed by atoms with Gasteiger partial charge >= 0.3 is 0 Å². The van der Waals surface area contributed by atoms with Crippen molar-refractivity contribution in [1.82, 2.24) is 5.32 Å². The fourth-order valence-corrected chi connectivity index (χ4v) is 1.46. The summed E-state index contributed by atoms with van der Waals surface area (Å²) in [5.41, 5.74) is 1.22. The molecule has 0 radical (unpaired) electrons. The van der Waals surface area contributed by atoms with Crippen molar-refractivity contribution in [3.05, 3.63) is 47.0 Å². The lowest BCUT2D eigenvalue weighted by Crippen LogP contribution is -2.18. The molecule has 1 atom stereocenters. The second-order valence-corrected chi connectivity index (χ2v) is 3.69. The molecule has 0 aliphatic carbocycles. The van der Waals surface area contributed by atoms with Crippen LogP contribution in [0.3, 0.4) is 0 Å². The molecule has 1 aromatic rings. The predicted molar refractivity (Wildman–Crippen MR) is 62.7 cm³/mol. The molecule has 14 heavy (non-hydrogen) atoms. The lowest BCUT2D eigenvalue weighted by molar-refractivity contribution is 0.617. The van der Waals surface area contributed by atoms with Gasteiger partial charge in [0.2, 0.25) is 0 Å². The van der Waals surface area contributed by atoms with Gasteiger partial charge in [0.25, 0.3) is 0 Å². The summed E-state index contributed by atoms with van der Waals surface area (Å²) in [7, 11) is 0. The second-order valence-electron chi connectivity index (χ2n) is 3.25. The molecule has 2 heteroatoms. The lowest BCUT2D eigenvalue weighted by Gasteiger charge is -2.12. The smallest absolute Gasteiger partial charge is 0.0409 e. The van der Waals surface area contributed by atoms with Crippen molar-refractivity contribution < 1.29 is 0 Å². The van der Waals surface area contributed by atoms with Crippen molar-refractivity contribution in [1.29, 1.82) is 0 Å². The quantitative estimate of drug-likeness (QED) is 0.748. The molecule has 76 valence electrons. The average molecular weight is 210 g/mol. The van der Waals surface area contributed by atoms with E-state index < -0.39 is 0 Å². The van der Waals surface area contributed by atoms with Crippen LogP contribution in [-0.2, 0) is 0 Å². The van der Waals surface area contributed by atoms with E-state index in [9.17, 15) is 0 Å². The number of halogens is 1. The minimum absolute atomic E-state index is 0.338. The molecule has 0 aromatic heterocycles. The molecule has 0 saturated carbocycles. The van der Waals surface area contributed by atoms with Crippen molar-refractivity contribution in [3.8, 4) is 0 Å². The van der Waals surface area contributed by atoms with Gasteiger partial charge in [0.1, 0.15) is 0 Å². The number of benzene rings is 1. The number of hydrogen-bond acceptors (Lipinski definition) is 1. The third-order valence-corrected chi connectivity index (χ3v) is 2.36. The third-order valence-electron chi connectivity index (χ3n) is 2.13. The van der Waals surface area contributed by atoms with E-state index in [2.05, 4.69) is 24.4 Å². The Bertz CT molecular complexity index is 307. The van der Waals surface area contributed by atoms with Gasteiger partial charge in [0.05, 0.1) is 0 Å². The van der Waals surface area contributed by atoms with Crippen molar-refractivity contribution in [2.45, 2.75) is 19.9 Å². The Balaban J connectivity index is 2.55. The first-order valence-corrected chi connectivity index (χ1v) is 5.22. The van der Waals surface area contributed by atoms with E-state index in [0.29, 0.717) is 6.04 Å². The monoisotopic (exact) mass is 209 g/mol. The maximum absolute atomic E-state index is 5.91. The van der Waals surface area contributed by atoms with Crippen molar-refractivity contribution >= 4 is 11.6 Å². The first-order chi connectivity index (χ1) is 6.74. The zero-order valence-electron chi connectivity index (χ0n) is 8.63. The molecule has 0 fully saturated rings. The summed E-state index contributed by atoms with van der Waals surface area (Å²) in [6, 6.07) is 8.29. The molecule has 0 amide bonds. The normalized spacial score (nSPS) is 13.4. The largest absolute Gasteiger partial charge is 0.307 e. The molecule has 0 saturated heterocycles. The maximum atomic E-state index is 5.91. The summed E-state index contributed by atoms with van der Waals surface area (Å²) in [4.78, 5) is 0. The third kappa shape index (κ3) is 3.52. The maximum Gasteiger partial charge on any atom is 0.0409 e. The molecule has 1 aromatic carbocycles. The van der Waals surface area contributed by atoms with E-state index >= 15 is 0 Å². The lowest BCUT2D eigenvalue weighted by atomic mass is 10.1. The van der Waals surface area contributed by atoms with Gasteiger partial charge in [-0.3, -0.25) is 0 Å². The van der Waals surface area contributed by atoms with Crippen LogP contribution in [-0.4, -0.2) is 6.54 Å². The van der Waals surface area contributed by atoms with Crippen molar-refractivity contribution in [2.75, 3.05) is 6.54 Å². The van der Waals surface area contributed by atoms with Crippen LogP contribution in [0.25, 0.3) is 0 Å². The summed E-state index contributed by atoms with van der Waals surface area (Å²) in [6.07, 6.45) is 4.14. The summed E-state index contributed by atoms with van der Waals surface area (Å²) in [6.45, 7) is 5.05. The van der Waals surface area contributed by atoms with E-state index in [1.165, 1.54) is 5.56 Å². The van der Waals surface area contributed by atoms with Crippen LogP contribution < -0.4 is 5.32 Å². The minimum Gasteiger partial charge on any atom is -0.307 e. The van der Waals surface area contributed by atoms with E-state index in [1.807, 2.05) is 31.2 Å². The number of rotatable bonds is 4. The highest BCUT2D eigenvalue weighted by atomic mass is 35.5. The summed E-state index contributed by atoms with van der Waals surface area (Å²) >= 11 is 5.91. The van der Waals surface area contributed by atoms with Gasteiger partial charge in [-0.05, 0) is 31.5 Å². The Hall–Kier alpha value is -0.790. The molecule has 0 bridgehead atoms. The van der Waals surface area contributed by atoms with E-state index in [1.54, 1.807) is 0 Å². The van der Waals surface area contributed by atoms with Crippen LogP contribution in [0.4, 0.5) is 0 Å². The molecule has 0 aliphatic heterocycles. The Morgan fingerprint density at radius 3 is 2.93 bits per heavy atom. The number of hydrogen-bond donors (Lipinski definition) is 1. The van der Waals surface area contributed by atoms with Crippen LogP contribution in [0, 0.1) is 0 Å². The van der Waals surface area contributed by atoms with Gasteiger partial charge in [-0.2, -0.15) is 0 Å².